The molecule has 0 amide bonds. The molecule has 2 nitrogen and oxygen atoms in total. The Labute approximate surface area is 194 Å². The molecule has 3 unspecified atom stereocenters. The zero-order valence-corrected chi connectivity index (χ0v) is 18.4. The molecule has 0 aliphatic carbocycles. The Morgan fingerprint density at radius 3 is 2.12 bits per heavy atom. The molecule has 3 aromatic carbocycles. The number of benzene rings is 3. The maximum atomic E-state index is 5.08. The van der Waals surface area contributed by atoms with Gasteiger partial charge in [0.05, 0.1) is 28.8 Å². The lowest BCUT2D eigenvalue weighted by Gasteiger charge is -2.31. The summed E-state index contributed by atoms with van der Waals surface area (Å²) < 4.78 is 2.46. The number of pyridine rings is 1. The predicted octanol–water partition coefficient (Wildman–Crippen LogP) is 6.54. The molecule has 3 atom stereocenters. The fraction of sp³-hybridized carbons (Fsp3) is 0.0968. The van der Waals surface area contributed by atoms with Crippen LogP contribution in [0.15, 0.2) is 127 Å². The van der Waals surface area contributed by atoms with Crippen molar-refractivity contribution < 1.29 is 4.57 Å². The minimum Gasteiger partial charge on any atom is -0.276 e. The lowest BCUT2D eigenvalue weighted by molar-refractivity contribution is -0.700. The zero-order valence-electron chi connectivity index (χ0n) is 18.4. The zero-order chi connectivity index (χ0) is 22.4. The van der Waals surface area contributed by atoms with E-state index >= 15 is 0 Å². The summed E-state index contributed by atoms with van der Waals surface area (Å²) in [6.45, 7) is 8.20. The predicted molar refractivity (Wildman–Crippen MR) is 136 cm³/mol. The average Bonchev–Trinajstić information content (AvgIpc) is 3.22. The Morgan fingerprint density at radius 2 is 1.36 bits per heavy atom. The van der Waals surface area contributed by atoms with E-state index in [0.717, 1.165) is 5.71 Å². The Kier molecular flexibility index (Phi) is 4.66. The second kappa shape index (κ2) is 7.83. The molecule has 3 heterocycles. The van der Waals surface area contributed by atoms with Gasteiger partial charge < -0.3 is 0 Å². The van der Waals surface area contributed by atoms with E-state index in [9.17, 15) is 0 Å². The molecule has 0 fully saturated rings. The van der Waals surface area contributed by atoms with Crippen LogP contribution >= 0.6 is 0 Å². The van der Waals surface area contributed by atoms with Crippen LogP contribution in [0, 0.1) is 0 Å². The lowest BCUT2D eigenvalue weighted by atomic mass is 9.77. The first kappa shape index (κ1) is 19.6. The van der Waals surface area contributed by atoms with Crippen molar-refractivity contribution in [1.82, 2.24) is 0 Å². The van der Waals surface area contributed by atoms with Crippen molar-refractivity contribution in [3.05, 3.63) is 139 Å². The monoisotopic (exact) mass is 425 g/mol. The van der Waals surface area contributed by atoms with E-state index in [1.165, 1.54) is 39.1 Å². The molecule has 0 radical (unpaired) electrons. The van der Waals surface area contributed by atoms with Crippen molar-refractivity contribution in [3.63, 3.8) is 0 Å². The molecule has 6 rings (SSSR count). The van der Waals surface area contributed by atoms with Crippen LogP contribution in [-0.4, -0.2) is 11.8 Å². The van der Waals surface area contributed by atoms with Crippen LogP contribution in [0.2, 0.25) is 0 Å². The molecule has 2 aliphatic heterocycles. The molecule has 4 aromatic rings. The fourth-order valence-corrected chi connectivity index (χ4v) is 5.61. The first-order chi connectivity index (χ1) is 16.3. The summed E-state index contributed by atoms with van der Waals surface area (Å²) in [5, 5.41) is 0. The highest BCUT2D eigenvalue weighted by Gasteiger charge is 2.47. The summed E-state index contributed by atoms with van der Waals surface area (Å²) in [5.74, 6) is 0.140. The first-order valence-electron chi connectivity index (χ1n) is 11.4. The van der Waals surface area contributed by atoms with Gasteiger partial charge >= 0.3 is 0 Å². The van der Waals surface area contributed by atoms with Crippen LogP contribution in [0.25, 0.3) is 22.4 Å². The van der Waals surface area contributed by atoms with Gasteiger partial charge in [-0.3, -0.25) is 4.99 Å². The first-order valence-corrected chi connectivity index (χ1v) is 11.4. The molecule has 2 aliphatic rings. The van der Waals surface area contributed by atoms with Crippen LogP contribution in [0.5, 0.6) is 0 Å². The molecule has 0 spiro atoms. The summed E-state index contributed by atoms with van der Waals surface area (Å²) >= 11 is 0. The Hall–Kier alpha value is -4.04. The molecule has 0 N–H and O–H groups in total. The minimum absolute atomic E-state index is 0.0372. The number of allylic oxidation sites excluding steroid dienone is 1. The van der Waals surface area contributed by atoms with Gasteiger partial charge in [0.25, 0.3) is 0 Å². The molecule has 33 heavy (non-hydrogen) atoms. The molecule has 1 aromatic heterocycles. The fourth-order valence-electron chi connectivity index (χ4n) is 5.61. The van der Waals surface area contributed by atoms with Crippen molar-refractivity contribution >= 4 is 5.71 Å². The van der Waals surface area contributed by atoms with Gasteiger partial charge in [-0.1, -0.05) is 85.5 Å². The van der Waals surface area contributed by atoms with E-state index < -0.39 is 0 Å². The number of nitrogens with zero attached hydrogens (tertiary/aromatic N) is 2. The molecule has 2 heteroatoms. The summed E-state index contributed by atoms with van der Waals surface area (Å²) in [4.78, 5) is 5.08. The van der Waals surface area contributed by atoms with Crippen molar-refractivity contribution in [1.29, 1.82) is 0 Å². The number of hydrogen-bond acceptors (Lipinski definition) is 1. The van der Waals surface area contributed by atoms with Gasteiger partial charge in [-0.2, -0.15) is 4.57 Å². The number of hydrogen-bond donors (Lipinski definition) is 0. The van der Waals surface area contributed by atoms with Crippen molar-refractivity contribution in [2.75, 3.05) is 0 Å². The van der Waals surface area contributed by atoms with Crippen molar-refractivity contribution in [2.24, 2.45) is 4.99 Å². The van der Waals surface area contributed by atoms with Crippen LogP contribution in [0.4, 0.5) is 0 Å². The highest BCUT2D eigenvalue weighted by atomic mass is 15.1. The lowest BCUT2D eigenvalue weighted by Crippen LogP contribution is -2.45. The molecular formula is C31H25N2+. The van der Waals surface area contributed by atoms with Gasteiger partial charge in [0.2, 0.25) is 5.69 Å². The van der Waals surface area contributed by atoms with Crippen molar-refractivity contribution in [3.8, 4) is 22.4 Å². The largest absolute Gasteiger partial charge is 0.276 e. The minimum atomic E-state index is -0.0372. The smallest absolute Gasteiger partial charge is 0.221 e. The quantitative estimate of drug-likeness (QED) is 0.261. The van der Waals surface area contributed by atoms with Gasteiger partial charge in [0, 0.05) is 17.2 Å². The maximum Gasteiger partial charge on any atom is 0.221 e. The summed E-state index contributed by atoms with van der Waals surface area (Å²) in [6.07, 6.45) is 6.08. The van der Waals surface area contributed by atoms with Crippen molar-refractivity contribution in [2.45, 2.75) is 18.0 Å². The van der Waals surface area contributed by atoms with Gasteiger partial charge in [0.1, 0.15) is 0 Å². The SMILES string of the molecule is C=CC1=NC(C=C)C(C2c3ccccc3-c3c(-c4ccccc4)ccc[n+]32)c2ccccc21. The summed E-state index contributed by atoms with van der Waals surface area (Å²) in [5.41, 5.74) is 9.80. The van der Waals surface area contributed by atoms with Gasteiger partial charge in [-0.25, -0.2) is 0 Å². The third kappa shape index (κ3) is 2.95. The Bertz CT molecular complexity index is 1410. The Morgan fingerprint density at radius 1 is 0.697 bits per heavy atom. The van der Waals surface area contributed by atoms with Crippen LogP contribution in [0.3, 0.4) is 0 Å². The van der Waals surface area contributed by atoms with Crippen LogP contribution in [-0.2, 0) is 0 Å². The summed E-state index contributed by atoms with van der Waals surface area (Å²) in [6, 6.07) is 32.6. The van der Waals surface area contributed by atoms with Gasteiger partial charge in [-0.15, -0.1) is 6.58 Å². The number of rotatable bonds is 4. The van der Waals surface area contributed by atoms with E-state index in [0.29, 0.717) is 0 Å². The van der Waals surface area contributed by atoms with E-state index in [1.807, 2.05) is 12.2 Å². The Balaban J connectivity index is 1.63. The number of aromatic nitrogens is 1. The topological polar surface area (TPSA) is 16.2 Å². The average molecular weight is 426 g/mol. The molecule has 0 bridgehead atoms. The molecule has 0 saturated heterocycles. The van der Waals surface area contributed by atoms with E-state index in [1.54, 1.807) is 0 Å². The van der Waals surface area contributed by atoms with E-state index in [2.05, 4.69) is 115 Å². The highest BCUT2D eigenvalue weighted by Crippen LogP contribution is 2.47. The second-order valence-corrected chi connectivity index (χ2v) is 8.63. The standard InChI is InChI=1S/C31H25N2/c1-3-27-23-15-8-9-16-24(23)29(28(4-2)32-27)31-26-18-11-10-17-25(26)30-22(19-12-20-33(30)31)21-13-6-5-7-14-21/h3-20,28-29,31H,1-2H2/q+1. The third-order valence-corrected chi connectivity index (χ3v) is 6.97. The van der Waals surface area contributed by atoms with Gasteiger partial charge in [0.15, 0.2) is 12.2 Å². The maximum absolute atomic E-state index is 5.08. The number of fused-ring (bicyclic) bond motifs is 4. The van der Waals surface area contributed by atoms with E-state index in [4.69, 9.17) is 4.99 Å². The normalized spacial score (nSPS) is 20.2. The molecule has 0 saturated carbocycles. The van der Waals surface area contributed by atoms with Crippen LogP contribution < -0.4 is 4.57 Å². The second-order valence-electron chi connectivity index (χ2n) is 8.63. The van der Waals surface area contributed by atoms with Gasteiger partial charge in [-0.05, 0) is 29.3 Å². The molecular weight excluding hydrogens is 400 g/mol. The molecule has 158 valence electrons. The third-order valence-electron chi connectivity index (χ3n) is 6.97. The number of aliphatic imine (C=N–C) groups is 1. The highest BCUT2D eigenvalue weighted by molar-refractivity contribution is 6.10. The van der Waals surface area contributed by atoms with E-state index in [-0.39, 0.29) is 18.0 Å². The van der Waals surface area contributed by atoms with Crippen LogP contribution in [0.1, 0.15) is 28.7 Å². The summed E-state index contributed by atoms with van der Waals surface area (Å²) in [7, 11) is 0.